The molecule has 0 amide bonds. The van der Waals surface area contributed by atoms with Crippen molar-refractivity contribution in [1.82, 2.24) is 4.90 Å². The summed E-state index contributed by atoms with van der Waals surface area (Å²) in [6.07, 6.45) is 4.00. The van der Waals surface area contributed by atoms with Gasteiger partial charge in [0, 0.05) is 22.0 Å². The maximum absolute atomic E-state index is 6.11. The van der Waals surface area contributed by atoms with Crippen molar-refractivity contribution in [3.05, 3.63) is 77.4 Å². The maximum Gasteiger partial charge on any atom is 0.120 e. The fraction of sp³-hybridized carbons (Fsp3) is 0.333. The first-order valence-electron chi connectivity index (χ1n) is 12.5. The molecule has 0 N–H and O–H groups in total. The lowest BCUT2D eigenvalue weighted by atomic mass is 9.88. The number of benzene rings is 3. The van der Waals surface area contributed by atoms with Crippen LogP contribution in [0.4, 0.5) is 0 Å². The second kappa shape index (κ2) is 9.56. The molecule has 0 bridgehead atoms. The lowest BCUT2D eigenvalue weighted by Crippen LogP contribution is -2.33. The molecule has 1 aliphatic heterocycles. The quantitative estimate of drug-likeness (QED) is 0.250. The molecule has 3 aromatic carbocycles. The van der Waals surface area contributed by atoms with E-state index in [0.29, 0.717) is 0 Å². The topological polar surface area (TPSA) is 30.9 Å². The van der Waals surface area contributed by atoms with E-state index in [1.807, 2.05) is 11.3 Å². The largest absolute Gasteiger partial charge is 0.497 e. The minimum Gasteiger partial charge on any atom is -0.497 e. The van der Waals surface area contributed by atoms with Crippen LogP contribution < -0.4 is 14.2 Å². The Bertz CT molecular complexity index is 1340. The summed E-state index contributed by atoms with van der Waals surface area (Å²) < 4.78 is 18.4. The van der Waals surface area contributed by atoms with Gasteiger partial charge in [0.15, 0.2) is 0 Å². The molecule has 5 heteroatoms. The molecule has 6 rings (SSSR count). The van der Waals surface area contributed by atoms with Crippen molar-refractivity contribution >= 4 is 21.4 Å². The molecule has 4 aromatic rings. The van der Waals surface area contributed by atoms with Gasteiger partial charge >= 0.3 is 0 Å². The number of fused-ring (bicyclic) bond motifs is 5. The van der Waals surface area contributed by atoms with E-state index < -0.39 is 0 Å². The molecule has 180 valence electrons. The first-order chi connectivity index (χ1) is 17.2. The molecular formula is C30H31NO3S. The number of thiophene rings is 1. The lowest BCUT2D eigenvalue weighted by Gasteiger charge is -2.26. The first kappa shape index (κ1) is 22.4. The molecule has 2 aliphatic rings. The summed E-state index contributed by atoms with van der Waals surface area (Å²) in [7, 11) is 3.45. The van der Waals surface area contributed by atoms with E-state index in [4.69, 9.17) is 14.2 Å². The van der Waals surface area contributed by atoms with Crippen LogP contribution in [0.3, 0.4) is 0 Å². The Kier molecular flexibility index (Phi) is 6.13. The number of likely N-dealkylation sites (tertiary alicyclic amines) is 1. The Morgan fingerprint density at radius 1 is 0.829 bits per heavy atom. The van der Waals surface area contributed by atoms with Gasteiger partial charge < -0.3 is 14.2 Å². The van der Waals surface area contributed by atoms with Gasteiger partial charge in [0.1, 0.15) is 23.9 Å². The van der Waals surface area contributed by atoms with E-state index >= 15 is 0 Å². The van der Waals surface area contributed by atoms with Crippen molar-refractivity contribution in [3.8, 4) is 27.7 Å². The highest BCUT2D eigenvalue weighted by Gasteiger charge is 2.34. The van der Waals surface area contributed by atoms with Crippen LogP contribution in [0.5, 0.6) is 17.2 Å². The highest BCUT2D eigenvalue weighted by Crippen LogP contribution is 2.55. The average Bonchev–Trinajstić information content (AvgIpc) is 3.43. The zero-order valence-corrected chi connectivity index (χ0v) is 21.2. The molecule has 1 aliphatic carbocycles. The van der Waals surface area contributed by atoms with E-state index in [1.165, 1.54) is 69.6 Å². The summed E-state index contributed by atoms with van der Waals surface area (Å²) in [5.74, 6) is 2.92. The zero-order valence-electron chi connectivity index (χ0n) is 20.4. The van der Waals surface area contributed by atoms with Crippen LogP contribution in [0.2, 0.25) is 0 Å². The van der Waals surface area contributed by atoms with Crippen molar-refractivity contribution in [2.24, 2.45) is 0 Å². The van der Waals surface area contributed by atoms with Crippen LogP contribution in [0.15, 0.2) is 60.7 Å². The number of methoxy groups -OCH3 is 2. The van der Waals surface area contributed by atoms with Gasteiger partial charge in [0.2, 0.25) is 0 Å². The van der Waals surface area contributed by atoms with Gasteiger partial charge in [-0.15, -0.1) is 11.3 Å². The molecule has 4 nitrogen and oxygen atoms in total. The van der Waals surface area contributed by atoms with Gasteiger partial charge in [0.05, 0.1) is 14.2 Å². The van der Waals surface area contributed by atoms with Crippen LogP contribution in [0.1, 0.15) is 41.9 Å². The first-order valence-corrected chi connectivity index (χ1v) is 13.3. The summed E-state index contributed by atoms with van der Waals surface area (Å²) in [6.45, 7) is 4.16. The molecule has 0 radical (unpaired) electrons. The fourth-order valence-corrected chi connectivity index (χ4v) is 6.86. The lowest BCUT2D eigenvalue weighted by molar-refractivity contribution is 0.183. The Morgan fingerprint density at radius 2 is 1.54 bits per heavy atom. The number of hydrogen-bond acceptors (Lipinski definition) is 5. The second-order valence-electron chi connectivity index (χ2n) is 9.41. The highest BCUT2D eigenvalue weighted by molar-refractivity contribution is 7.22. The number of piperidine rings is 1. The molecule has 35 heavy (non-hydrogen) atoms. The number of rotatable bonds is 7. The number of ether oxygens (including phenoxy) is 3. The van der Waals surface area contributed by atoms with Crippen molar-refractivity contribution in [2.75, 3.05) is 40.5 Å². The molecule has 1 saturated heterocycles. The third kappa shape index (κ3) is 4.17. The smallest absolute Gasteiger partial charge is 0.120 e. The predicted octanol–water partition coefficient (Wildman–Crippen LogP) is 6.94. The van der Waals surface area contributed by atoms with Crippen molar-refractivity contribution in [1.29, 1.82) is 0 Å². The molecule has 1 atom stereocenters. The third-order valence-corrected chi connectivity index (χ3v) is 8.58. The fourth-order valence-electron chi connectivity index (χ4n) is 5.56. The third-order valence-electron chi connectivity index (χ3n) is 7.38. The van der Waals surface area contributed by atoms with Crippen LogP contribution in [-0.2, 0) is 0 Å². The van der Waals surface area contributed by atoms with Crippen LogP contribution in [0.25, 0.3) is 20.5 Å². The zero-order chi connectivity index (χ0) is 23.8. The van der Waals surface area contributed by atoms with Crippen molar-refractivity contribution < 1.29 is 14.2 Å². The molecule has 1 aromatic heterocycles. The minimum atomic E-state index is 0.190. The normalized spacial score (nSPS) is 17.3. The van der Waals surface area contributed by atoms with Gasteiger partial charge in [-0.2, -0.15) is 0 Å². The minimum absolute atomic E-state index is 0.190. The molecular weight excluding hydrogens is 454 g/mol. The van der Waals surface area contributed by atoms with E-state index in [2.05, 4.69) is 65.6 Å². The van der Waals surface area contributed by atoms with Crippen LogP contribution in [-0.4, -0.2) is 45.4 Å². The Hall–Kier alpha value is -3.02. The predicted molar refractivity (Wildman–Crippen MR) is 144 cm³/mol. The monoisotopic (exact) mass is 485 g/mol. The molecule has 0 spiro atoms. The van der Waals surface area contributed by atoms with E-state index in [0.717, 1.165) is 30.4 Å². The van der Waals surface area contributed by atoms with Gasteiger partial charge in [-0.05, 0) is 96.0 Å². The van der Waals surface area contributed by atoms with Crippen LogP contribution >= 0.6 is 11.3 Å². The van der Waals surface area contributed by atoms with Crippen molar-refractivity contribution in [2.45, 2.75) is 25.2 Å². The Labute approximate surface area is 211 Å². The summed E-state index contributed by atoms with van der Waals surface area (Å²) >= 11 is 1.84. The SMILES string of the molecule is COc1ccc2c(c1)-c1sc3cc(OC)ccc3c1C2c1ccc(OCCN2CCCCC2)cc1. The summed E-state index contributed by atoms with van der Waals surface area (Å²) in [6, 6.07) is 21.6. The van der Waals surface area contributed by atoms with Gasteiger partial charge in [0.25, 0.3) is 0 Å². The molecule has 2 heterocycles. The van der Waals surface area contributed by atoms with E-state index in [1.54, 1.807) is 14.2 Å². The summed E-state index contributed by atoms with van der Waals surface area (Å²) in [4.78, 5) is 3.84. The van der Waals surface area contributed by atoms with Gasteiger partial charge in [-0.3, -0.25) is 4.90 Å². The second-order valence-corrected chi connectivity index (χ2v) is 10.5. The maximum atomic E-state index is 6.11. The summed E-state index contributed by atoms with van der Waals surface area (Å²) in [5, 5.41) is 1.30. The average molecular weight is 486 g/mol. The molecule has 1 fully saturated rings. The van der Waals surface area contributed by atoms with Gasteiger partial charge in [-0.25, -0.2) is 0 Å². The van der Waals surface area contributed by atoms with Crippen molar-refractivity contribution in [3.63, 3.8) is 0 Å². The highest BCUT2D eigenvalue weighted by atomic mass is 32.1. The Balaban J connectivity index is 1.31. The van der Waals surface area contributed by atoms with Gasteiger partial charge in [-0.1, -0.05) is 24.6 Å². The summed E-state index contributed by atoms with van der Waals surface area (Å²) in [5.41, 5.74) is 5.28. The molecule has 0 saturated carbocycles. The number of hydrogen-bond donors (Lipinski definition) is 0. The standard InChI is InChI=1S/C30H31NO3S/c1-32-22-10-12-24-26(18-22)30-29(25-13-11-23(33-2)19-27(25)35-30)28(24)20-6-8-21(9-7-20)34-17-16-31-14-4-3-5-15-31/h6-13,18-19,28H,3-5,14-17H2,1-2H3. The van der Waals surface area contributed by atoms with E-state index in [9.17, 15) is 0 Å². The Morgan fingerprint density at radius 3 is 2.31 bits per heavy atom. The molecule has 1 unspecified atom stereocenters. The van der Waals surface area contributed by atoms with Crippen LogP contribution in [0, 0.1) is 0 Å². The van der Waals surface area contributed by atoms with E-state index in [-0.39, 0.29) is 5.92 Å². The number of nitrogens with zero attached hydrogens (tertiary/aromatic N) is 1.